The van der Waals surface area contributed by atoms with Gasteiger partial charge in [0.15, 0.2) is 6.10 Å². The van der Waals surface area contributed by atoms with Crippen LogP contribution < -0.4 is 0 Å². The molecule has 0 aliphatic rings. The molecule has 88 valence electrons. The summed E-state index contributed by atoms with van der Waals surface area (Å²) in [6, 6.07) is 3.53. The highest BCUT2D eigenvalue weighted by Crippen LogP contribution is 2.23. The van der Waals surface area contributed by atoms with Crippen molar-refractivity contribution in [2.24, 2.45) is 0 Å². The lowest BCUT2D eigenvalue weighted by Crippen LogP contribution is -2.17. The number of aliphatic carboxylic acids is 1. The molecule has 1 unspecified atom stereocenters. The van der Waals surface area contributed by atoms with E-state index in [0.29, 0.717) is 0 Å². The van der Waals surface area contributed by atoms with Crippen LogP contribution in [-0.2, 0) is 9.53 Å². The Morgan fingerprint density at radius 3 is 2.75 bits per heavy atom. The summed E-state index contributed by atoms with van der Waals surface area (Å²) in [6.45, 7) is -0.412. The first-order valence-corrected chi connectivity index (χ1v) is 4.84. The molecular formula is C10H10ClFO4. The van der Waals surface area contributed by atoms with Gasteiger partial charge < -0.3 is 14.9 Å². The molecule has 1 atom stereocenters. The topological polar surface area (TPSA) is 66.8 Å². The van der Waals surface area contributed by atoms with Crippen LogP contribution in [0, 0.1) is 5.82 Å². The standard InChI is InChI=1S/C10H10ClFO4/c11-7-5-6(1-2-8(7)12)9(10(14)15)16-4-3-13/h1-2,5,9,13H,3-4H2,(H,14,15). The predicted octanol–water partition coefficient (Wildman–Crippen LogP) is 1.61. The average molecular weight is 249 g/mol. The van der Waals surface area contributed by atoms with Crippen LogP contribution in [0.5, 0.6) is 0 Å². The van der Waals surface area contributed by atoms with Crippen molar-refractivity contribution in [3.63, 3.8) is 0 Å². The van der Waals surface area contributed by atoms with Crippen molar-refractivity contribution < 1.29 is 24.1 Å². The summed E-state index contributed by atoms with van der Waals surface area (Å²) in [7, 11) is 0. The molecule has 0 fully saturated rings. The highest BCUT2D eigenvalue weighted by molar-refractivity contribution is 6.30. The van der Waals surface area contributed by atoms with E-state index in [0.717, 1.165) is 6.07 Å². The van der Waals surface area contributed by atoms with Gasteiger partial charge in [-0.1, -0.05) is 17.7 Å². The molecule has 1 aromatic rings. The number of aliphatic hydroxyl groups is 1. The zero-order valence-corrected chi connectivity index (χ0v) is 8.95. The van der Waals surface area contributed by atoms with Gasteiger partial charge in [-0.3, -0.25) is 0 Å². The van der Waals surface area contributed by atoms with Gasteiger partial charge in [0.25, 0.3) is 0 Å². The van der Waals surface area contributed by atoms with E-state index in [1.807, 2.05) is 0 Å². The summed E-state index contributed by atoms with van der Waals surface area (Å²) in [6.07, 6.45) is -1.26. The van der Waals surface area contributed by atoms with Gasteiger partial charge in [-0.15, -0.1) is 0 Å². The van der Waals surface area contributed by atoms with Crippen molar-refractivity contribution >= 4 is 17.6 Å². The van der Waals surface area contributed by atoms with E-state index in [4.69, 9.17) is 26.6 Å². The van der Waals surface area contributed by atoms with Crippen molar-refractivity contribution in [2.75, 3.05) is 13.2 Å². The molecule has 4 nitrogen and oxygen atoms in total. The molecule has 0 aromatic heterocycles. The first kappa shape index (κ1) is 12.9. The average Bonchev–Trinajstić information content (AvgIpc) is 2.23. The molecule has 0 saturated heterocycles. The van der Waals surface area contributed by atoms with Crippen LogP contribution in [0.4, 0.5) is 4.39 Å². The van der Waals surface area contributed by atoms with Crippen LogP contribution >= 0.6 is 11.6 Å². The lowest BCUT2D eigenvalue weighted by Gasteiger charge is -2.13. The minimum absolute atomic E-state index is 0.119. The Balaban J connectivity index is 2.92. The Morgan fingerprint density at radius 2 is 2.25 bits per heavy atom. The Morgan fingerprint density at radius 1 is 1.56 bits per heavy atom. The molecule has 6 heteroatoms. The zero-order chi connectivity index (χ0) is 12.1. The molecule has 0 saturated carbocycles. The number of hydrogen-bond donors (Lipinski definition) is 2. The van der Waals surface area contributed by atoms with E-state index in [1.54, 1.807) is 0 Å². The molecule has 16 heavy (non-hydrogen) atoms. The third-order valence-electron chi connectivity index (χ3n) is 1.85. The molecule has 0 radical (unpaired) electrons. The van der Waals surface area contributed by atoms with E-state index >= 15 is 0 Å². The molecule has 0 spiro atoms. The fraction of sp³-hybridized carbons (Fsp3) is 0.300. The van der Waals surface area contributed by atoms with Crippen LogP contribution in [0.1, 0.15) is 11.7 Å². The Hall–Kier alpha value is -1.17. The van der Waals surface area contributed by atoms with Crippen LogP contribution in [0.3, 0.4) is 0 Å². The highest BCUT2D eigenvalue weighted by Gasteiger charge is 2.21. The van der Waals surface area contributed by atoms with Gasteiger partial charge in [0.2, 0.25) is 0 Å². The molecular weight excluding hydrogens is 239 g/mol. The summed E-state index contributed by atoms with van der Waals surface area (Å²) < 4.78 is 17.8. The number of carboxylic acids is 1. The number of benzene rings is 1. The zero-order valence-electron chi connectivity index (χ0n) is 8.19. The highest BCUT2D eigenvalue weighted by atomic mass is 35.5. The normalized spacial score (nSPS) is 12.4. The summed E-state index contributed by atoms with van der Waals surface area (Å²) in [5.41, 5.74) is 0.229. The number of hydrogen-bond acceptors (Lipinski definition) is 3. The summed E-state index contributed by atoms with van der Waals surface area (Å²) in [4.78, 5) is 10.9. The van der Waals surface area contributed by atoms with E-state index in [-0.39, 0.29) is 23.8 Å². The fourth-order valence-corrected chi connectivity index (χ4v) is 1.35. The van der Waals surface area contributed by atoms with Gasteiger partial charge in [0.05, 0.1) is 18.2 Å². The molecule has 2 N–H and O–H groups in total. The maximum Gasteiger partial charge on any atom is 0.337 e. The number of ether oxygens (including phenoxy) is 1. The lowest BCUT2D eigenvalue weighted by atomic mass is 10.1. The first-order chi connectivity index (χ1) is 7.56. The fourth-order valence-electron chi connectivity index (χ4n) is 1.16. The predicted molar refractivity (Wildman–Crippen MR) is 54.8 cm³/mol. The number of aliphatic hydroxyl groups excluding tert-OH is 1. The summed E-state index contributed by atoms with van der Waals surface area (Å²) in [5.74, 6) is -1.85. The van der Waals surface area contributed by atoms with E-state index < -0.39 is 17.9 Å². The van der Waals surface area contributed by atoms with Gasteiger partial charge in [0.1, 0.15) is 5.82 Å². The monoisotopic (exact) mass is 248 g/mol. The van der Waals surface area contributed by atoms with Crippen LogP contribution in [0.25, 0.3) is 0 Å². The number of carboxylic acid groups (broad SMARTS) is 1. The maximum atomic E-state index is 12.9. The van der Waals surface area contributed by atoms with Crippen molar-refractivity contribution in [2.45, 2.75) is 6.10 Å². The number of rotatable bonds is 5. The number of halogens is 2. The molecule has 0 heterocycles. The third-order valence-corrected chi connectivity index (χ3v) is 2.14. The van der Waals surface area contributed by atoms with E-state index in [2.05, 4.69) is 0 Å². The first-order valence-electron chi connectivity index (χ1n) is 4.46. The molecule has 0 aliphatic heterocycles. The van der Waals surface area contributed by atoms with Gasteiger partial charge in [-0.05, 0) is 17.7 Å². The van der Waals surface area contributed by atoms with Crippen molar-refractivity contribution in [3.8, 4) is 0 Å². The van der Waals surface area contributed by atoms with Crippen molar-refractivity contribution in [1.29, 1.82) is 0 Å². The van der Waals surface area contributed by atoms with Gasteiger partial charge in [-0.25, -0.2) is 9.18 Å². The van der Waals surface area contributed by atoms with Crippen LogP contribution in [-0.4, -0.2) is 29.4 Å². The van der Waals surface area contributed by atoms with E-state index in [9.17, 15) is 9.18 Å². The minimum Gasteiger partial charge on any atom is -0.479 e. The lowest BCUT2D eigenvalue weighted by molar-refractivity contribution is -0.151. The van der Waals surface area contributed by atoms with Crippen molar-refractivity contribution in [3.05, 3.63) is 34.6 Å². The second-order valence-electron chi connectivity index (χ2n) is 2.99. The quantitative estimate of drug-likeness (QED) is 0.831. The Kier molecular flexibility index (Phi) is 4.67. The largest absolute Gasteiger partial charge is 0.479 e. The number of carbonyl (C=O) groups is 1. The molecule has 0 aliphatic carbocycles. The Labute approximate surface area is 96.2 Å². The van der Waals surface area contributed by atoms with Gasteiger partial charge in [0, 0.05) is 0 Å². The SMILES string of the molecule is O=C(O)C(OCCO)c1ccc(F)c(Cl)c1. The molecule has 0 bridgehead atoms. The maximum absolute atomic E-state index is 12.9. The van der Waals surface area contributed by atoms with E-state index in [1.165, 1.54) is 12.1 Å². The second kappa shape index (κ2) is 5.79. The van der Waals surface area contributed by atoms with Crippen LogP contribution in [0.2, 0.25) is 5.02 Å². The smallest absolute Gasteiger partial charge is 0.337 e. The van der Waals surface area contributed by atoms with Gasteiger partial charge >= 0.3 is 5.97 Å². The van der Waals surface area contributed by atoms with Crippen LogP contribution in [0.15, 0.2) is 18.2 Å². The third kappa shape index (κ3) is 3.16. The summed E-state index contributed by atoms with van der Waals surface area (Å²) >= 11 is 5.52. The van der Waals surface area contributed by atoms with Crippen molar-refractivity contribution in [1.82, 2.24) is 0 Å². The van der Waals surface area contributed by atoms with Gasteiger partial charge in [-0.2, -0.15) is 0 Å². The Bertz CT molecular complexity index is 383. The second-order valence-corrected chi connectivity index (χ2v) is 3.39. The molecule has 0 amide bonds. The summed E-state index contributed by atoms with van der Waals surface area (Å²) in [5, 5.41) is 17.2. The molecule has 1 aromatic carbocycles. The molecule has 1 rings (SSSR count). The minimum atomic E-state index is -1.26.